The third-order valence-electron chi connectivity index (χ3n) is 4.58. The number of benzene rings is 1. The highest BCUT2D eigenvalue weighted by Crippen LogP contribution is 2.36. The van der Waals surface area contributed by atoms with E-state index in [1.54, 1.807) is 13.0 Å². The average Bonchev–Trinajstić information content (AvgIpc) is 3.22. The molecule has 0 aliphatic carbocycles. The summed E-state index contributed by atoms with van der Waals surface area (Å²) < 4.78 is 33.9. The standard InChI is InChI=1S/C19H17F2N3O3/c1-10-2-3-15(13(20)6-10)23-16-12-7-22-8-14(21)17(12)27-18(16)19(26)24-5-4-11(25)9-24/h2-3,6-8,11,23,25H,4-5,9H2,1H3. The van der Waals surface area contributed by atoms with E-state index < -0.39 is 23.6 Å². The van der Waals surface area contributed by atoms with Crippen LogP contribution in [0, 0.1) is 18.6 Å². The smallest absolute Gasteiger partial charge is 0.291 e. The van der Waals surface area contributed by atoms with Gasteiger partial charge in [-0.05, 0) is 31.0 Å². The molecule has 140 valence electrons. The van der Waals surface area contributed by atoms with Crippen molar-refractivity contribution in [2.24, 2.45) is 0 Å². The molecule has 1 saturated heterocycles. The Balaban J connectivity index is 1.82. The first kappa shape index (κ1) is 17.4. The minimum atomic E-state index is -0.722. The summed E-state index contributed by atoms with van der Waals surface area (Å²) in [5, 5.41) is 12.8. The number of rotatable bonds is 3. The second-order valence-corrected chi connectivity index (χ2v) is 6.61. The molecule has 3 aromatic rings. The summed E-state index contributed by atoms with van der Waals surface area (Å²) in [5.41, 5.74) is 0.877. The van der Waals surface area contributed by atoms with Crippen LogP contribution in [0.1, 0.15) is 22.5 Å². The summed E-state index contributed by atoms with van der Waals surface area (Å²) in [4.78, 5) is 18.1. The van der Waals surface area contributed by atoms with Gasteiger partial charge >= 0.3 is 0 Å². The van der Waals surface area contributed by atoms with E-state index in [1.165, 1.54) is 23.2 Å². The third kappa shape index (κ3) is 3.12. The number of likely N-dealkylation sites (tertiary alicyclic amines) is 1. The van der Waals surface area contributed by atoms with Crippen LogP contribution < -0.4 is 5.32 Å². The van der Waals surface area contributed by atoms with Gasteiger partial charge in [-0.25, -0.2) is 8.78 Å². The van der Waals surface area contributed by atoms with Crippen LogP contribution in [-0.4, -0.2) is 40.1 Å². The fourth-order valence-corrected chi connectivity index (χ4v) is 3.18. The molecule has 1 aliphatic rings. The highest BCUT2D eigenvalue weighted by atomic mass is 19.1. The van der Waals surface area contributed by atoms with E-state index in [0.29, 0.717) is 13.0 Å². The van der Waals surface area contributed by atoms with Gasteiger partial charge in [0.1, 0.15) is 11.5 Å². The minimum absolute atomic E-state index is 0.128. The lowest BCUT2D eigenvalue weighted by Crippen LogP contribution is -2.29. The fourth-order valence-electron chi connectivity index (χ4n) is 3.18. The molecule has 4 rings (SSSR count). The van der Waals surface area contributed by atoms with Crippen LogP contribution >= 0.6 is 0 Å². The molecule has 1 atom stereocenters. The number of fused-ring (bicyclic) bond motifs is 1. The fraction of sp³-hybridized carbons (Fsp3) is 0.263. The van der Waals surface area contributed by atoms with Gasteiger partial charge in [0, 0.05) is 19.3 Å². The Morgan fingerprint density at radius 3 is 2.85 bits per heavy atom. The predicted octanol–water partition coefficient (Wildman–Crippen LogP) is 3.36. The van der Waals surface area contributed by atoms with E-state index in [4.69, 9.17) is 4.42 Å². The number of aliphatic hydroxyl groups excluding tert-OH is 1. The molecule has 8 heteroatoms. The Morgan fingerprint density at radius 2 is 2.15 bits per heavy atom. The second kappa shape index (κ2) is 6.62. The maximum absolute atomic E-state index is 14.3. The molecule has 0 bridgehead atoms. The number of hydrogen-bond donors (Lipinski definition) is 2. The number of nitrogens with zero attached hydrogens (tertiary/aromatic N) is 2. The Morgan fingerprint density at radius 1 is 1.33 bits per heavy atom. The molecule has 0 saturated carbocycles. The quantitative estimate of drug-likeness (QED) is 0.736. The van der Waals surface area contributed by atoms with Crippen molar-refractivity contribution in [3.05, 3.63) is 53.6 Å². The lowest BCUT2D eigenvalue weighted by Gasteiger charge is -2.15. The van der Waals surface area contributed by atoms with Gasteiger partial charge in [-0.1, -0.05) is 6.07 Å². The van der Waals surface area contributed by atoms with Gasteiger partial charge in [0.2, 0.25) is 5.76 Å². The number of aryl methyl sites for hydroxylation is 1. The predicted molar refractivity (Wildman–Crippen MR) is 94.9 cm³/mol. The van der Waals surface area contributed by atoms with Crippen molar-refractivity contribution in [1.82, 2.24) is 9.88 Å². The van der Waals surface area contributed by atoms with Gasteiger partial charge in [-0.15, -0.1) is 0 Å². The molecule has 2 N–H and O–H groups in total. The number of carbonyl (C=O) groups is 1. The molecule has 3 heterocycles. The molecule has 1 aliphatic heterocycles. The summed E-state index contributed by atoms with van der Waals surface area (Å²) in [5.74, 6) is -1.88. The Bertz CT molecular complexity index is 1030. The second-order valence-electron chi connectivity index (χ2n) is 6.61. The lowest BCUT2D eigenvalue weighted by atomic mass is 10.2. The number of nitrogens with one attached hydrogen (secondary N) is 1. The number of halogens is 2. The van der Waals surface area contributed by atoms with Gasteiger partial charge < -0.3 is 19.7 Å². The van der Waals surface area contributed by atoms with Gasteiger partial charge in [0.25, 0.3) is 5.91 Å². The van der Waals surface area contributed by atoms with Crippen LogP contribution in [0.5, 0.6) is 0 Å². The van der Waals surface area contributed by atoms with Crippen molar-refractivity contribution in [2.75, 3.05) is 18.4 Å². The number of carbonyl (C=O) groups excluding carboxylic acids is 1. The molecule has 1 fully saturated rings. The van der Waals surface area contributed by atoms with Crippen molar-refractivity contribution < 1.29 is 23.1 Å². The van der Waals surface area contributed by atoms with E-state index in [-0.39, 0.29) is 34.6 Å². The first-order valence-corrected chi connectivity index (χ1v) is 8.50. The summed E-state index contributed by atoms with van der Waals surface area (Å²) >= 11 is 0. The van der Waals surface area contributed by atoms with E-state index in [9.17, 15) is 18.7 Å². The molecule has 0 spiro atoms. The summed E-state index contributed by atoms with van der Waals surface area (Å²) in [7, 11) is 0. The summed E-state index contributed by atoms with van der Waals surface area (Å²) in [6.45, 7) is 2.28. The molecule has 1 unspecified atom stereocenters. The number of amides is 1. The SMILES string of the molecule is Cc1ccc(Nc2c(C(=O)N3CCC(O)C3)oc3c(F)cncc23)c(F)c1. The molecular weight excluding hydrogens is 356 g/mol. The van der Waals surface area contributed by atoms with Crippen LogP contribution in [0.3, 0.4) is 0 Å². The van der Waals surface area contributed by atoms with Crippen molar-refractivity contribution in [3.63, 3.8) is 0 Å². The Hall–Kier alpha value is -3.00. The minimum Gasteiger partial charge on any atom is -0.445 e. The molecule has 2 aromatic heterocycles. The summed E-state index contributed by atoms with van der Waals surface area (Å²) in [6.07, 6.45) is 2.18. The van der Waals surface area contributed by atoms with E-state index >= 15 is 0 Å². The number of β-amino-alcohol motifs (C(OH)–C–C–N with tert-alkyl or cyclic N) is 1. The van der Waals surface area contributed by atoms with Crippen LogP contribution in [0.25, 0.3) is 11.0 Å². The largest absolute Gasteiger partial charge is 0.445 e. The zero-order chi connectivity index (χ0) is 19.1. The third-order valence-corrected chi connectivity index (χ3v) is 4.58. The number of furan rings is 1. The van der Waals surface area contributed by atoms with Crippen LogP contribution in [0.2, 0.25) is 0 Å². The van der Waals surface area contributed by atoms with Crippen LogP contribution in [0.4, 0.5) is 20.2 Å². The first-order chi connectivity index (χ1) is 12.9. The van der Waals surface area contributed by atoms with Crippen molar-refractivity contribution in [2.45, 2.75) is 19.4 Å². The zero-order valence-electron chi connectivity index (χ0n) is 14.5. The van der Waals surface area contributed by atoms with E-state index in [0.717, 1.165) is 11.8 Å². The van der Waals surface area contributed by atoms with Gasteiger partial charge in [0.15, 0.2) is 11.4 Å². The monoisotopic (exact) mass is 373 g/mol. The Kier molecular flexibility index (Phi) is 4.27. The van der Waals surface area contributed by atoms with E-state index in [1.807, 2.05) is 0 Å². The molecular formula is C19H17F2N3O3. The highest BCUT2D eigenvalue weighted by Gasteiger charge is 2.31. The molecule has 1 aromatic carbocycles. The Labute approximate surface area is 153 Å². The normalized spacial score (nSPS) is 16.9. The van der Waals surface area contributed by atoms with Crippen molar-refractivity contribution in [3.8, 4) is 0 Å². The maximum atomic E-state index is 14.3. The number of anilines is 2. The summed E-state index contributed by atoms with van der Waals surface area (Å²) in [6, 6.07) is 4.59. The van der Waals surface area contributed by atoms with E-state index in [2.05, 4.69) is 10.3 Å². The highest BCUT2D eigenvalue weighted by molar-refractivity contribution is 6.07. The van der Waals surface area contributed by atoms with Crippen LogP contribution in [-0.2, 0) is 0 Å². The first-order valence-electron chi connectivity index (χ1n) is 8.50. The zero-order valence-corrected chi connectivity index (χ0v) is 14.5. The molecule has 0 radical (unpaired) electrons. The van der Waals surface area contributed by atoms with Gasteiger partial charge in [0.05, 0.1) is 23.4 Å². The van der Waals surface area contributed by atoms with Crippen molar-refractivity contribution in [1.29, 1.82) is 0 Å². The van der Waals surface area contributed by atoms with Gasteiger partial charge in [-0.3, -0.25) is 9.78 Å². The number of hydrogen-bond acceptors (Lipinski definition) is 5. The lowest BCUT2D eigenvalue weighted by molar-refractivity contribution is 0.0737. The van der Waals surface area contributed by atoms with Gasteiger partial charge in [-0.2, -0.15) is 0 Å². The number of pyridine rings is 1. The van der Waals surface area contributed by atoms with Crippen LogP contribution in [0.15, 0.2) is 35.0 Å². The molecule has 6 nitrogen and oxygen atoms in total. The number of aromatic nitrogens is 1. The average molecular weight is 373 g/mol. The molecule has 1 amide bonds. The topological polar surface area (TPSA) is 78.6 Å². The maximum Gasteiger partial charge on any atom is 0.291 e. The molecule has 27 heavy (non-hydrogen) atoms. The van der Waals surface area contributed by atoms with Crippen molar-refractivity contribution >= 4 is 28.3 Å². The number of aliphatic hydroxyl groups is 1.